The van der Waals surface area contributed by atoms with E-state index in [4.69, 9.17) is 17.7 Å². The molecule has 0 saturated carbocycles. The van der Waals surface area contributed by atoms with Crippen molar-refractivity contribution in [2.75, 3.05) is 0 Å². The lowest BCUT2D eigenvalue weighted by atomic mass is 10.00. The van der Waals surface area contributed by atoms with E-state index in [1.54, 1.807) is 0 Å². The average molecular weight is 1920 g/mol. The highest BCUT2D eigenvalue weighted by molar-refractivity contribution is 7.26. The Morgan fingerprint density at radius 3 is 1.00 bits per heavy atom. The Morgan fingerprint density at radius 1 is 0.170 bits per heavy atom. The molecule has 22 aromatic carbocycles. The lowest BCUT2D eigenvalue weighted by molar-refractivity contribution is 0.668. The summed E-state index contributed by atoms with van der Waals surface area (Å²) in [7, 11) is 2.14. The van der Waals surface area contributed by atoms with E-state index in [2.05, 4.69) is 502 Å². The van der Waals surface area contributed by atoms with Crippen LogP contribution in [0.1, 0.15) is 22.3 Å². The predicted molar refractivity (Wildman–Crippen MR) is 625 cm³/mol. The highest BCUT2D eigenvalue weighted by atomic mass is 32.1. The van der Waals surface area contributed by atoms with Gasteiger partial charge in [0.1, 0.15) is 44.7 Å². The first-order valence-electron chi connectivity index (χ1n) is 50.1. The number of aryl methyl sites for hydroxylation is 5. The van der Waals surface area contributed by atoms with Crippen molar-refractivity contribution in [3.8, 4) is 61.6 Å². The number of thiophene rings is 2. The van der Waals surface area contributed by atoms with Gasteiger partial charge in [0.05, 0.1) is 33.1 Å². The third-order valence-electron chi connectivity index (χ3n) is 29.7. The summed E-state index contributed by atoms with van der Waals surface area (Å²) in [5, 5.41) is 25.0. The topological polar surface area (TPSA) is 72.3 Å². The summed E-state index contributed by atoms with van der Waals surface area (Å²) in [6.07, 6.45) is 0. The molecule has 0 amide bonds. The molecule has 0 unspecified atom stereocenters. The zero-order chi connectivity index (χ0) is 97.8. The Labute approximate surface area is 853 Å². The number of fused-ring (bicyclic) bond motifs is 30. The molecular formula is C137H92N4O4S2. The van der Waals surface area contributed by atoms with Gasteiger partial charge in [0.15, 0.2) is 0 Å². The molecule has 0 bridgehead atoms. The summed E-state index contributed by atoms with van der Waals surface area (Å²) >= 11 is 3.75. The smallest absolute Gasteiger partial charge is 0.143 e. The number of nitrogens with zero attached hydrogens (tertiary/aromatic N) is 4. The van der Waals surface area contributed by atoms with Gasteiger partial charge in [-0.25, -0.2) is 0 Å². The van der Waals surface area contributed by atoms with Gasteiger partial charge in [-0.05, 0) is 273 Å². The monoisotopic (exact) mass is 1920 g/mol. The minimum Gasteiger partial charge on any atom is -0.456 e. The van der Waals surface area contributed by atoms with Crippen LogP contribution in [0.2, 0.25) is 0 Å². The van der Waals surface area contributed by atoms with Gasteiger partial charge in [-0.3, -0.25) is 0 Å². The first-order valence-corrected chi connectivity index (χ1v) is 51.7. The lowest BCUT2D eigenvalue weighted by Gasteiger charge is -2.08. The molecule has 0 aliphatic carbocycles. The van der Waals surface area contributed by atoms with Crippen molar-refractivity contribution in [2.45, 2.75) is 27.7 Å². The highest BCUT2D eigenvalue weighted by Gasteiger charge is 2.23. The summed E-state index contributed by atoms with van der Waals surface area (Å²) < 4.78 is 39.1. The van der Waals surface area contributed by atoms with Crippen molar-refractivity contribution in [1.82, 2.24) is 18.3 Å². The molecule has 0 N–H and O–H groups in total. The molecule has 147 heavy (non-hydrogen) atoms. The van der Waals surface area contributed by atoms with E-state index in [1.807, 2.05) is 40.9 Å². The summed E-state index contributed by atoms with van der Waals surface area (Å²) in [6, 6.07) is 167. The molecule has 32 rings (SSSR count). The van der Waals surface area contributed by atoms with Crippen LogP contribution in [-0.4, -0.2) is 18.3 Å². The SMILES string of the molecule is Cc1ccc2oc3ccc(-c4ccc5c(c4)c4ccccc4n5-c4ccccc4)cc3c2c1.Cc1ccc2oc3ccc(-c4cccc5c4oc4ccccc45)cc3c2c1.Cc1ccc2oc3ccc(-c4cccc5c4sc4ccccc45)cc3c2c1.Cc1ccc2sc3ccc(-c4ccc5c(c4)c4ccccc4n5-c4ccccc4)cc3c2c1.Cn1c2ccccc2c2cc(-n3c4ccccc4c4ccccc43)ccc21. The van der Waals surface area contributed by atoms with E-state index in [0.717, 1.165) is 82.7 Å². The van der Waals surface area contributed by atoms with Crippen LogP contribution in [0.4, 0.5) is 0 Å². The maximum Gasteiger partial charge on any atom is 0.143 e. The maximum absolute atomic E-state index is 6.21. The quantitative estimate of drug-likeness (QED) is 0.159. The van der Waals surface area contributed by atoms with Crippen LogP contribution in [0.5, 0.6) is 0 Å². The second-order valence-electron chi connectivity index (χ2n) is 38.8. The summed E-state index contributed by atoms with van der Waals surface area (Å²) in [4.78, 5) is 0. The standard InChI is InChI=1S/C31H21NO.C31H21NS.C25H18N2.C25H16O2.C25H16OS/c2*1-20-11-15-30-26(17-20)27-19-22(13-16-31(27)33-30)21-12-14-29-25(18-21)24-9-5-6-10-28(24)32(29)23-7-3-2-4-8-23;1-26-22-11-5-2-10-20(22)21-16-17(14-15-23(21)26)27-24-12-6-3-8-18(24)19-9-4-7-13-25(19)27;1-15-9-11-23-20(13-15)21-14-16(10-12-24(21)26-23)17-6-4-7-19-18-5-2-3-8-22(18)27-25(17)19;1-15-9-11-22-20(13-15)21-14-16(10-12-23(21)26-22)17-6-4-7-19-18-5-2-3-8-24(18)27-25(17)19/h2*2-19H,1H3;2-16H,1H3;2*2-14H,1H3. The number of furan rings is 4. The van der Waals surface area contributed by atoms with Crippen molar-refractivity contribution in [2.24, 2.45) is 7.05 Å². The van der Waals surface area contributed by atoms with Gasteiger partial charge in [-0.2, -0.15) is 0 Å². The Kier molecular flexibility index (Phi) is 20.7. The van der Waals surface area contributed by atoms with Crippen LogP contribution >= 0.6 is 22.7 Å². The van der Waals surface area contributed by atoms with Crippen LogP contribution in [0.3, 0.4) is 0 Å². The molecule has 10 heterocycles. The molecule has 32 aromatic rings. The van der Waals surface area contributed by atoms with E-state index >= 15 is 0 Å². The van der Waals surface area contributed by atoms with Gasteiger partial charge in [-0.1, -0.05) is 283 Å². The second kappa shape index (κ2) is 35.1. The van der Waals surface area contributed by atoms with Gasteiger partial charge < -0.3 is 35.9 Å². The van der Waals surface area contributed by atoms with Crippen LogP contribution in [0.15, 0.2) is 485 Å². The van der Waals surface area contributed by atoms with E-state index in [-0.39, 0.29) is 0 Å². The molecule has 0 radical (unpaired) electrons. The Bertz CT molecular complexity index is 10400. The third kappa shape index (κ3) is 14.8. The number of aromatic nitrogens is 4. The summed E-state index contributed by atoms with van der Waals surface area (Å²) in [6.45, 7) is 8.53. The van der Waals surface area contributed by atoms with Crippen molar-refractivity contribution in [3.63, 3.8) is 0 Å². The molecule has 696 valence electrons. The Hall–Kier alpha value is -18.3. The van der Waals surface area contributed by atoms with Crippen LogP contribution in [0.25, 0.3) is 277 Å². The number of benzene rings is 22. The Balaban J connectivity index is 0.0000000891. The minimum atomic E-state index is 0.913. The second-order valence-corrected chi connectivity index (χ2v) is 40.9. The van der Waals surface area contributed by atoms with E-state index < -0.39 is 0 Å². The molecule has 0 aliphatic heterocycles. The van der Waals surface area contributed by atoms with Crippen LogP contribution < -0.4 is 0 Å². The fraction of sp³-hybridized carbons (Fsp3) is 0.0365. The first kappa shape index (κ1) is 86.6. The summed E-state index contributed by atoms with van der Waals surface area (Å²) in [5.74, 6) is 0. The Morgan fingerprint density at radius 2 is 0.476 bits per heavy atom. The largest absolute Gasteiger partial charge is 0.456 e. The first-order chi connectivity index (χ1) is 72.4. The van der Waals surface area contributed by atoms with Gasteiger partial charge in [-0.15, -0.1) is 22.7 Å². The van der Waals surface area contributed by atoms with Crippen LogP contribution in [0, 0.1) is 27.7 Å². The number of para-hydroxylation sites is 9. The lowest BCUT2D eigenvalue weighted by Crippen LogP contribution is -1.94. The average Bonchev–Trinajstić information content (AvgIpc) is 1.58. The zero-order valence-electron chi connectivity index (χ0n) is 81.2. The van der Waals surface area contributed by atoms with E-state index in [1.165, 1.54) is 216 Å². The van der Waals surface area contributed by atoms with E-state index in [0.29, 0.717) is 0 Å². The van der Waals surface area contributed by atoms with E-state index in [9.17, 15) is 0 Å². The number of hydrogen-bond acceptors (Lipinski definition) is 6. The number of rotatable bonds is 7. The fourth-order valence-electron chi connectivity index (χ4n) is 22.7. The molecule has 0 aliphatic rings. The molecule has 0 fully saturated rings. The molecule has 0 saturated heterocycles. The molecular weight excluding hydrogens is 1830 g/mol. The number of hydrogen-bond donors (Lipinski definition) is 0. The fourth-order valence-corrected chi connectivity index (χ4v) is 25.0. The highest BCUT2D eigenvalue weighted by Crippen LogP contribution is 2.48. The predicted octanol–water partition coefficient (Wildman–Crippen LogP) is 39.6. The normalized spacial score (nSPS) is 11.8. The molecule has 0 atom stereocenters. The maximum atomic E-state index is 6.21. The van der Waals surface area contributed by atoms with Crippen molar-refractivity contribution >= 4 is 238 Å². The van der Waals surface area contributed by atoms with Crippen molar-refractivity contribution in [3.05, 3.63) is 489 Å². The van der Waals surface area contributed by atoms with Crippen molar-refractivity contribution in [1.29, 1.82) is 0 Å². The molecule has 8 nitrogen and oxygen atoms in total. The van der Waals surface area contributed by atoms with Crippen LogP contribution in [-0.2, 0) is 7.05 Å². The van der Waals surface area contributed by atoms with Gasteiger partial charge in [0.2, 0.25) is 0 Å². The molecule has 10 aromatic heterocycles. The minimum absolute atomic E-state index is 0.913. The van der Waals surface area contributed by atoms with Gasteiger partial charge in [0, 0.05) is 167 Å². The van der Waals surface area contributed by atoms with Gasteiger partial charge >= 0.3 is 0 Å². The molecule has 10 heteroatoms. The third-order valence-corrected chi connectivity index (χ3v) is 32.1. The summed E-state index contributed by atoms with van der Waals surface area (Å²) in [5.41, 5.74) is 35.7. The molecule has 0 spiro atoms. The van der Waals surface area contributed by atoms with Crippen molar-refractivity contribution < 1.29 is 17.7 Å². The van der Waals surface area contributed by atoms with Gasteiger partial charge in [0.25, 0.3) is 0 Å². The zero-order valence-corrected chi connectivity index (χ0v) is 82.8.